The van der Waals surface area contributed by atoms with Gasteiger partial charge in [0.25, 0.3) is 0 Å². The first-order chi connectivity index (χ1) is 32.0. The molecular formula is C59H98O6. The summed E-state index contributed by atoms with van der Waals surface area (Å²) < 4.78 is 16.8. The zero-order chi connectivity index (χ0) is 47.2. The van der Waals surface area contributed by atoms with E-state index in [-0.39, 0.29) is 37.5 Å². The average molecular weight is 903 g/mol. The smallest absolute Gasteiger partial charge is 0.306 e. The van der Waals surface area contributed by atoms with Crippen LogP contribution in [-0.2, 0) is 28.6 Å². The van der Waals surface area contributed by atoms with E-state index in [2.05, 4.69) is 69.4 Å². The summed E-state index contributed by atoms with van der Waals surface area (Å²) >= 11 is 0. The van der Waals surface area contributed by atoms with Gasteiger partial charge < -0.3 is 14.2 Å². The number of hydrogen-bond donors (Lipinski definition) is 0. The molecule has 0 aliphatic rings. The lowest BCUT2D eigenvalue weighted by atomic mass is 10.1. The second kappa shape index (κ2) is 52.9. The Morgan fingerprint density at radius 3 is 1.05 bits per heavy atom. The first kappa shape index (κ1) is 61.3. The Kier molecular flexibility index (Phi) is 50.0. The second-order valence-electron chi connectivity index (χ2n) is 17.5. The van der Waals surface area contributed by atoms with Crippen molar-refractivity contribution in [3.05, 3.63) is 97.2 Å². The highest BCUT2D eigenvalue weighted by atomic mass is 16.6. The van der Waals surface area contributed by atoms with Gasteiger partial charge >= 0.3 is 17.9 Å². The molecule has 370 valence electrons. The quantitative estimate of drug-likeness (QED) is 0.0199. The second-order valence-corrected chi connectivity index (χ2v) is 17.5. The van der Waals surface area contributed by atoms with Crippen LogP contribution >= 0.6 is 0 Å². The third-order valence-corrected chi connectivity index (χ3v) is 11.2. The molecule has 1 atom stereocenters. The van der Waals surface area contributed by atoms with Gasteiger partial charge in [0.1, 0.15) is 13.2 Å². The molecule has 0 aromatic heterocycles. The summed E-state index contributed by atoms with van der Waals surface area (Å²) in [6.45, 7) is 6.41. The van der Waals surface area contributed by atoms with E-state index in [0.717, 1.165) is 70.6 Å². The number of hydrogen-bond acceptors (Lipinski definition) is 6. The topological polar surface area (TPSA) is 78.9 Å². The number of carbonyl (C=O) groups is 3. The first-order valence-corrected chi connectivity index (χ1v) is 26.8. The van der Waals surface area contributed by atoms with Crippen LogP contribution in [0.3, 0.4) is 0 Å². The Morgan fingerprint density at radius 2 is 0.615 bits per heavy atom. The zero-order valence-corrected chi connectivity index (χ0v) is 42.2. The number of allylic oxidation sites excluding steroid dienone is 16. The highest BCUT2D eigenvalue weighted by molar-refractivity contribution is 5.71. The van der Waals surface area contributed by atoms with Gasteiger partial charge in [0, 0.05) is 19.3 Å². The minimum absolute atomic E-state index is 0.102. The van der Waals surface area contributed by atoms with Crippen LogP contribution in [-0.4, -0.2) is 37.2 Å². The molecule has 6 heteroatoms. The maximum absolute atomic E-state index is 12.8. The third-order valence-electron chi connectivity index (χ3n) is 11.2. The molecule has 1 unspecified atom stereocenters. The van der Waals surface area contributed by atoms with Crippen LogP contribution in [0, 0.1) is 0 Å². The number of carbonyl (C=O) groups excluding carboxylic acids is 3. The molecule has 0 saturated carbocycles. The fourth-order valence-electron chi connectivity index (χ4n) is 7.15. The molecule has 0 fully saturated rings. The molecular weight excluding hydrogens is 805 g/mol. The minimum Gasteiger partial charge on any atom is -0.462 e. The van der Waals surface area contributed by atoms with Gasteiger partial charge in [-0.3, -0.25) is 14.4 Å². The van der Waals surface area contributed by atoms with E-state index in [1.54, 1.807) is 0 Å². The summed E-state index contributed by atoms with van der Waals surface area (Å²) in [6.07, 6.45) is 69.6. The van der Waals surface area contributed by atoms with Gasteiger partial charge in [-0.05, 0) is 89.9 Å². The van der Waals surface area contributed by atoms with Crippen LogP contribution in [0.15, 0.2) is 97.2 Å². The summed E-state index contributed by atoms with van der Waals surface area (Å²) in [6, 6.07) is 0. The molecule has 0 aliphatic carbocycles. The van der Waals surface area contributed by atoms with Gasteiger partial charge in [0.2, 0.25) is 0 Å². The fourth-order valence-corrected chi connectivity index (χ4v) is 7.15. The molecule has 0 spiro atoms. The third kappa shape index (κ3) is 51.2. The summed E-state index contributed by atoms with van der Waals surface area (Å²) in [7, 11) is 0. The van der Waals surface area contributed by atoms with Gasteiger partial charge in [-0.25, -0.2) is 0 Å². The average Bonchev–Trinajstić information content (AvgIpc) is 3.30. The Balaban J connectivity index is 4.48. The van der Waals surface area contributed by atoms with Crippen LogP contribution in [0.5, 0.6) is 0 Å². The molecule has 0 saturated heterocycles. The van der Waals surface area contributed by atoms with Crippen molar-refractivity contribution in [3.63, 3.8) is 0 Å². The van der Waals surface area contributed by atoms with Crippen LogP contribution in [0.25, 0.3) is 0 Å². The molecule has 0 amide bonds. The molecule has 65 heavy (non-hydrogen) atoms. The van der Waals surface area contributed by atoms with Gasteiger partial charge in [0.05, 0.1) is 0 Å². The summed E-state index contributed by atoms with van der Waals surface area (Å²) in [5.74, 6) is -0.961. The van der Waals surface area contributed by atoms with E-state index in [1.807, 2.05) is 48.6 Å². The van der Waals surface area contributed by atoms with Crippen molar-refractivity contribution in [1.82, 2.24) is 0 Å². The number of unbranched alkanes of at least 4 members (excludes halogenated alkanes) is 25. The van der Waals surface area contributed by atoms with Crippen LogP contribution in [0.1, 0.15) is 239 Å². The van der Waals surface area contributed by atoms with E-state index >= 15 is 0 Å². The molecule has 0 aliphatic heterocycles. The van der Waals surface area contributed by atoms with Gasteiger partial charge in [0.15, 0.2) is 6.10 Å². The molecule has 0 rings (SSSR count). The Labute approximate surface area is 400 Å². The lowest BCUT2D eigenvalue weighted by molar-refractivity contribution is -0.167. The van der Waals surface area contributed by atoms with E-state index < -0.39 is 6.10 Å². The zero-order valence-electron chi connectivity index (χ0n) is 42.2. The molecule has 0 aromatic rings. The van der Waals surface area contributed by atoms with Crippen molar-refractivity contribution in [2.45, 2.75) is 245 Å². The van der Waals surface area contributed by atoms with E-state index in [4.69, 9.17) is 14.2 Å². The summed E-state index contributed by atoms with van der Waals surface area (Å²) in [5.41, 5.74) is 0. The molecule has 0 radical (unpaired) electrons. The largest absolute Gasteiger partial charge is 0.462 e. The number of ether oxygens (including phenoxy) is 3. The normalized spacial score (nSPS) is 12.8. The SMILES string of the molecule is CC\C=C/C=C\C=C/C=C\C=C/CCCCCC(=O)OC(COC(=O)CCCCCCCC/C=C\C=C/CCCCC)COC(=O)CCCCCCCCC/C=C\CCCCCCCC. The van der Waals surface area contributed by atoms with E-state index in [0.29, 0.717) is 19.3 Å². The lowest BCUT2D eigenvalue weighted by Crippen LogP contribution is -2.30. The van der Waals surface area contributed by atoms with Crippen molar-refractivity contribution < 1.29 is 28.6 Å². The summed E-state index contributed by atoms with van der Waals surface area (Å²) in [5, 5.41) is 0. The van der Waals surface area contributed by atoms with Crippen LogP contribution < -0.4 is 0 Å². The van der Waals surface area contributed by atoms with E-state index in [1.165, 1.54) is 122 Å². The first-order valence-electron chi connectivity index (χ1n) is 26.8. The van der Waals surface area contributed by atoms with Crippen molar-refractivity contribution in [1.29, 1.82) is 0 Å². The lowest BCUT2D eigenvalue weighted by Gasteiger charge is -2.18. The van der Waals surface area contributed by atoms with E-state index in [9.17, 15) is 14.4 Å². The van der Waals surface area contributed by atoms with Crippen molar-refractivity contribution in [3.8, 4) is 0 Å². The maximum Gasteiger partial charge on any atom is 0.306 e. The van der Waals surface area contributed by atoms with Gasteiger partial charge in [-0.1, -0.05) is 227 Å². The van der Waals surface area contributed by atoms with Crippen molar-refractivity contribution >= 4 is 17.9 Å². The molecule has 0 heterocycles. The molecule has 0 bridgehead atoms. The Morgan fingerprint density at radius 1 is 0.323 bits per heavy atom. The molecule has 0 aromatic carbocycles. The number of esters is 3. The summed E-state index contributed by atoms with van der Waals surface area (Å²) in [4.78, 5) is 38.0. The van der Waals surface area contributed by atoms with Crippen LogP contribution in [0.4, 0.5) is 0 Å². The standard InChI is InChI=1S/C59H98O6/c1-4-7-10-13-16-19-22-25-28-29-32-34-37-40-43-46-49-52-58(61)64-55-56(65-59(62)53-50-47-44-41-38-35-31-27-24-21-18-15-12-9-6-3)54-63-57(60)51-48-45-42-39-36-33-30-26-23-20-17-14-11-8-5-2/h9,12,15,17-18,20-21,23-28,31,35,38,56H,4-8,10-11,13-14,16,19,22,29-30,32-34,36-37,39-55H2,1-3H3/b12-9-,18-15-,20-17-,24-21-,26-23-,28-25-,31-27-,38-35-. The van der Waals surface area contributed by atoms with Crippen molar-refractivity contribution in [2.75, 3.05) is 13.2 Å². The van der Waals surface area contributed by atoms with Gasteiger partial charge in [-0.15, -0.1) is 0 Å². The monoisotopic (exact) mass is 903 g/mol. The number of rotatable bonds is 47. The Bertz CT molecular complexity index is 1310. The molecule has 6 nitrogen and oxygen atoms in total. The van der Waals surface area contributed by atoms with Crippen molar-refractivity contribution in [2.24, 2.45) is 0 Å². The highest BCUT2D eigenvalue weighted by Crippen LogP contribution is 2.14. The Hall–Kier alpha value is -3.67. The highest BCUT2D eigenvalue weighted by Gasteiger charge is 2.19. The fraction of sp³-hybridized carbons (Fsp3) is 0.678. The molecule has 0 N–H and O–H groups in total. The predicted octanol–water partition coefficient (Wildman–Crippen LogP) is 17.8. The van der Waals surface area contributed by atoms with Crippen LogP contribution in [0.2, 0.25) is 0 Å². The maximum atomic E-state index is 12.8. The predicted molar refractivity (Wildman–Crippen MR) is 279 cm³/mol. The minimum atomic E-state index is -0.807. The van der Waals surface area contributed by atoms with Gasteiger partial charge in [-0.2, -0.15) is 0 Å².